The van der Waals surface area contributed by atoms with Gasteiger partial charge in [0, 0.05) is 18.0 Å². The van der Waals surface area contributed by atoms with Crippen LogP contribution in [-0.4, -0.2) is 44.8 Å². The predicted octanol–water partition coefficient (Wildman–Crippen LogP) is 3.96. The third-order valence-electron chi connectivity index (χ3n) is 5.00. The van der Waals surface area contributed by atoms with Gasteiger partial charge in [0.2, 0.25) is 4.96 Å². The fourth-order valence-electron chi connectivity index (χ4n) is 3.49. The van der Waals surface area contributed by atoms with E-state index in [2.05, 4.69) is 67.2 Å². The lowest BCUT2D eigenvalue weighted by atomic mass is 9.87. The predicted molar refractivity (Wildman–Crippen MR) is 102 cm³/mol. The molecule has 0 saturated carbocycles. The van der Waals surface area contributed by atoms with Crippen molar-refractivity contribution in [1.29, 1.82) is 0 Å². The van der Waals surface area contributed by atoms with Gasteiger partial charge < -0.3 is 4.90 Å². The van der Waals surface area contributed by atoms with E-state index in [-0.39, 0.29) is 5.41 Å². The minimum atomic E-state index is 0.167. The molecule has 25 heavy (non-hydrogen) atoms. The lowest BCUT2D eigenvalue weighted by Crippen LogP contribution is -2.31. The number of hydrogen-bond acceptors (Lipinski definition) is 5. The third kappa shape index (κ3) is 3.20. The van der Waals surface area contributed by atoms with Crippen LogP contribution in [0.5, 0.6) is 0 Å². The van der Waals surface area contributed by atoms with Crippen molar-refractivity contribution < 1.29 is 0 Å². The second-order valence-corrected chi connectivity index (χ2v) is 9.04. The Hall–Kier alpha value is -1.79. The SMILES string of the molecule is CN1CCCC(c2nnc3sc(-c4ccc(C(C)(C)C)cc4)nn23)C1. The van der Waals surface area contributed by atoms with Crippen molar-refractivity contribution in [2.24, 2.45) is 0 Å². The molecule has 0 bridgehead atoms. The number of piperidine rings is 1. The minimum absolute atomic E-state index is 0.167. The van der Waals surface area contributed by atoms with E-state index in [4.69, 9.17) is 5.10 Å². The molecule has 0 amide bonds. The molecule has 0 spiro atoms. The smallest absolute Gasteiger partial charge is 0.234 e. The Morgan fingerprint density at radius 2 is 1.88 bits per heavy atom. The lowest BCUT2D eigenvalue weighted by Gasteiger charge is -2.28. The summed E-state index contributed by atoms with van der Waals surface area (Å²) in [6.07, 6.45) is 2.37. The molecule has 3 aromatic rings. The van der Waals surface area contributed by atoms with Crippen LogP contribution in [0.25, 0.3) is 15.5 Å². The van der Waals surface area contributed by atoms with Gasteiger partial charge >= 0.3 is 0 Å². The van der Waals surface area contributed by atoms with E-state index < -0.39 is 0 Å². The van der Waals surface area contributed by atoms with Crippen molar-refractivity contribution in [3.8, 4) is 10.6 Å². The molecule has 0 N–H and O–H groups in total. The summed E-state index contributed by atoms with van der Waals surface area (Å²) in [4.78, 5) is 3.26. The van der Waals surface area contributed by atoms with Gasteiger partial charge in [0.1, 0.15) is 5.01 Å². The fourth-order valence-corrected chi connectivity index (χ4v) is 4.35. The molecule has 1 aliphatic rings. The highest BCUT2D eigenvalue weighted by Gasteiger charge is 2.25. The van der Waals surface area contributed by atoms with Crippen molar-refractivity contribution in [2.45, 2.75) is 44.9 Å². The van der Waals surface area contributed by atoms with Crippen LogP contribution in [0.1, 0.15) is 50.9 Å². The van der Waals surface area contributed by atoms with Gasteiger partial charge in [-0.1, -0.05) is 56.4 Å². The first-order valence-corrected chi connectivity index (χ1v) is 9.75. The largest absolute Gasteiger partial charge is 0.306 e. The molecule has 1 aliphatic heterocycles. The Labute approximate surface area is 152 Å². The summed E-state index contributed by atoms with van der Waals surface area (Å²) in [6.45, 7) is 8.91. The Balaban J connectivity index is 1.66. The van der Waals surface area contributed by atoms with Gasteiger partial charge in [0.05, 0.1) is 0 Å². The highest BCUT2D eigenvalue weighted by molar-refractivity contribution is 7.19. The van der Waals surface area contributed by atoms with E-state index in [1.807, 2.05) is 4.52 Å². The molecule has 0 aliphatic carbocycles. The average molecular weight is 356 g/mol. The van der Waals surface area contributed by atoms with Gasteiger partial charge in [-0.3, -0.25) is 0 Å². The monoisotopic (exact) mass is 355 g/mol. The molecule has 3 heterocycles. The van der Waals surface area contributed by atoms with E-state index in [0.29, 0.717) is 5.92 Å². The van der Waals surface area contributed by atoms with E-state index in [1.165, 1.54) is 18.5 Å². The summed E-state index contributed by atoms with van der Waals surface area (Å²) in [5.41, 5.74) is 2.65. The van der Waals surface area contributed by atoms with E-state index in [0.717, 1.165) is 34.3 Å². The van der Waals surface area contributed by atoms with Gasteiger partial charge in [0.25, 0.3) is 0 Å². The van der Waals surface area contributed by atoms with Crippen LogP contribution >= 0.6 is 11.3 Å². The summed E-state index contributed by atoms with van der Waals surface area (Å²) in [7, 11) is 2.17. The number of likely N-dealkylation sites (tertiary alicyclic amines) is 1. The van der Waals surface area contributed by atoms with Gasteiger partial charge in [0.15, 0.2) is 5.82 Å². The average Bonchev–Trinajstić information content (AvgIpc) is 3.14. The first kappa shape index (κ1) is 16.7. The lowest BCUT2D eigenvalue weighted by molar-refractivity contribution is 0.244. The Bertz CT molecular complexity index is 871. The maximum Gasteiger partial charge on any atom is 0.234 e. The van der Waals surface area contributed by atoms with Gasteiger partial charge in [-0.15, -0.1) is 10.2 Å². The zero-order chi connectivity index (χ0) is 17.6. The van der Waals surface area contributed by atoms with Gasteiger partial charge in [-0.25, -0.2) is 0 Å². The van der Waals surface area contributed by atoms with Crippen LogP contribution in [0.4, 0.5) is 0 Å². The van der Waals surface area contributed by atoms with Crippen molar-refractivity contribution in [2.75, 3.05) is 20.1 Å². The maximum absolute atomic E-state index is 4.83. The van der Waals surface area contributed by atoms with Crippen molar-refractivity contribution in [1.82, 2.24) is 24.7 Å². The first-order valence-electron chi connectivity index (χ1n) is 8.93. The molecule has 1 unspecified atom stereocenters. The molecular formula is C19H25N5S. The van der Waals surface area contributed by atoms with E-state index in [9.17, 15) is 0 Å². The number of benzene rings is 1. The van der Waals surface area contributed by atoms with Crippen LogP contribution < -0.4 is 0 Å². The molecule has 1 fully saturated rings. The van der Waals surface area contributed by atoms with Gasteiger partial charge in [-0.05, 0) is 37.4 Å². The molecule has 1 aromatic carbocycles. The first-order chi connectivity index (χ1) is 11.9. The van der Waals surface area contributed by atoms with Crippen LogP contribution in [0.2, 0.25) is 0 Å². The van der Waals surface area contributed by atoms with Crippen molar-refractivity contribution in [3.63, 3.8) is 0 Å². The number of aromatic nitrogens is 4. The molecule has 1 saturated heterocycles. The Kier molecular flexibility index (Phi) is 4.12. The topological polar surface area (TPSA) is 46.3 Å². The summed E-state index contributed by atoms with van der Waals surface area (Å²) in [5, 5.41) is 14.6. The van der Waals surface area contributed by atoms with Gasteiger partial charge in [-0.2, -0.15) is 9.61 Å². The Morgan fingerprint density at radius 3 is 2.56 bits per heavy atom. The quantitative estimate of drug-likeness (QED) is 0.698. The molecule has 132 valence electrons. The zero-order valence-electron chi connectivity index (χ0n) is 15.4. The van der Waals surface area contributed by atoms with Crippen molar-refractivity contribution in [3.05, 3.63) is 35.7 Å². The highest BCUT2D eigenvalue weighted by Crippen LogP contribution is 2.31. The number of hydrogen-bond donors (Lipinski definition) is 0. The summed E-state index contributed by atoms with van der Waals surface area (Å²) in [6, 6.07) is 8.74. The number of likely N-dealkylation sites (N-methyl/N-ethyl adjacent to an activating group) is 1. The van der Waals surface area contributed by atoms with Crippen LogP contribution in [0, 0.1) is 0 Å². The molecule has 2 aromatic heterocycles. The molecule has 5 nitrogen and oxygen atoms in total. The standard InChI is InChI=1S/C19H25N5S/c1-19(2,3)15-9-7-13(8-10-15)17-22-24-16(20-21-18(24)25-17)14-6-5-11-23(4)12-14/h7-10,14H,5-6,11-12H2,1-4H3. The summed E-state index contributed by atoms with van der Waals surface area (Å²) >= 11 is 1.61. The molecule has 1 atom stereocenters. The maximum atomic E-state index is 4.83. The highest BCUT2D eigenvalue weighted by atomic mass is 32.1. The minimum Gasteiger partial charge on any atom is -0.306 e. The van der Waals surface area contributed by atoms with Crippen molar-refractivity contribution >= 4 is 16.3 Å². The molecular weight excluding hydrogens is 330 g/mol. The molecule has 6 heteroatoms. The fraction of sp³-hybridized carbons (Fsp3) is 0.526. The second-order valence-electron chi connectivity index (χ2n) is 8.09. The summed E-state index contributed by atoms with van der Waals surface area (Å²) < 4.78 is 1.96. The van der Waals surface area contributed by atoms with Crippen LogP contribution in [0.15, 0.2) is 24.3 Å². The second kappa shape index (κ2) is 6.18. The van der Waals surface area contributed by atoms with E-state index >= 15 is 0 Å². The number of fused-ring (bicyclic) bond motifs is 1. The van der Waals surface area contributed by atoms with Crippen LogP contribution in [0.3, 0.4) is 0 Å². The normalized spacial score (nSPS) is 19.6. The van der Waals surface area contributed by atoms with Crippen LogP contribution in [-0.2, 0) is 5.41 Å². The Morgan fingerprint density at radius 1 is 1.12 bits per heavy atom. The number of rotatable bonds is 2. The molecule has 4 rings (SSSR count). The zero-order valence-corrected chi connectivity index (χ0v) is 16.2. The van der Waals surface area contributed by atoms with E-state index in [1.54, 1.807) is 11.3 Å². The summed E-state index contributed by atoms with van der Waals surface area (Å²) in [5.74, 6) is 1.43. The molecule has 0 radical (unpaired) electrons. The third-order valence-corrected chi connectivity index (χ3v) is 5.95. The number of nitrogens with zero attached hydrogens (tertiary/aromatic N) is 5.